The Bertz CT molecular complexity index is 1310. The van der Waals surface area contributed by atoms with Crippen LogP contribution in [0.15, 0.2) is 82.3 Å². The van der Waals surface area contributed by atoms with E-state index >= 15 is 0 Å². The summed E-state index contributed by atoms with van der Waals surface area (Å²) in [5.74, 6) is 1.68. The first-order chi connectivity index (χ1) is 17.1. The van der Waals surface area contributed by atoms with Gasteiger partial charge >= 0.3 is 6.03 Å². The molecule has 7 nitrogen and oxygen atoms in total. The van der Waals surface area contributed by atoms with E-state index in [4.69, 9.17) is 14.2 Å². The summed E-state index contributed by atoms with van der Waals surface area (Å²) in [5, 5.41) is 9.43. The summed E-state index contributed by atoms with van der Waals surface area (Å²) in [5.41, 5.74) is 3.36. The average Bonchev–Trinajstić information content (AvgIpc) is 3.57. The highest BCUT2D eigenvalue weighted by Crippen LogP contribution is 2.38. The summed E-state index contributed by atoms with van der Waals surface area (Å²) in [6, 6.07) is 21.0. The van der Waals surface area contributed by atoms with Gasteiger partial charge in [0, 0.05) is 22.7 Å². The molecule has 0 bridgehead atoms. The monoisotopic (exact) mass is 486 g/mol. The molecule has 0 saturated carbocycles. The van der Waals surface area contributed by atoms with Gasteiger partial charge in [0.2, 0.25) is 5.82 Å². The van der Waals surface area contributed by atoms with Crippen LogP contribution in [0.1, 0.15) is 36.2 Å². The van der Waals surface area contributed by atoms with Crippen molar-refractivity contribution in [2.24, 2.45) is 0 Å². The van der Waals surface area contributed by atoms with Gasteiger partial charge in [-0.05, 0) is 49.4 Å². The Morgan fingerprint density at radius 2 is 1.89 bits per heavy atom. The smallest absolute Gasteiger partial charge is 0.322 e. The Balaban J connectivity index is 1.53. The van der Waals surface area contributed by atoms with Gasteiger partial charge in [0.15, 0.2) is 0 Å². The van der Waals surface area contributed by atoms with E-state index in [0.29, 0.717) is 24.9 Å². The number of nitrogens with one attached hydrogen (secondary N) is 1. The Kier molecular flexibility index (Phi) is 6.63. The van der Waals surface area contributed by atoms with Gasteiger partial charge < -0.3 is 14.6 Å². The lowest BCUT2D eigenvalue weighted by molar-refractivity contribution is 0.205. The van der Waals surface area contributed by atoms with Gasteiger partial charge in [-0.1, -0.05) is 53.7 Å². The molecule has 1 aliphatic heterocycles. The van der Waals surface area contributed by atoms with Crippen LogP contribution in [0.5, 0.6) is 5.75 Å². The number of amides is 2. The normalized spacial score (nSPS) is 15.9. The highest BCUT2D eigenvalue weighted by atomic mass is 32.1. The molecule has 2 amide bonds. The first-order valence-electron chi connectivity index (χ1n) is 11.6. The maximum absolute atomic E-state index is 13.2. The van der Waals surface area contributed by atoms with Crippen molar-refractivity contribution >= 4 is 22.9 Å². The molecule has 1 aliphatic rings. The average molecular weight is 487 g/mol. The van der Waals surface area contributed by atoms with E-state index in [1.54, 1.807) is 16.2 Å². The molecule has 4 aromatic rings. The summed E-state index contributed by atoms with van der Waals surface area (Å²) in [6.45, 7) is 5.03. The molecular formula is C27H26N4O3S. The molecule has 0 radical (unpaired) electrons. The quantitative estimate of drug-likeness (QED) is 0.334. The Labute approximate surface area is 208 Å². The van der Waals surface area contributed by atoms with Gasteiger partial charge in [-0.3, -0.25) is 4.90 Å². The van der Waals surface area contributed by atoms with Crippen LogP contribution in [-0.2, 0) is 6.42 Å². The van der Waals surface area contributed by atoms with Crippen molar-refractivity contribution in [1.82, 2.24) is 20.4 Å². The number of urea groups is 1. The zero-order valence-corrected chi connectivity index (χ0v) is 20.4. The molecule has 5 rings (SSSR count). The fraction of sp³-hybridized carbons (Fsp3) is 0.222. The zero-order chi connectivity index (χ0) is 24.2. The molecule has 0 saturated heterocycles. The predicted octanol–water partition coefficient (Wildman–Crippen LogP) is 5.94. The van der Waals surface area contributed by atoms with Crippen LogP contribution in [0.25, 0.3) is 17.0 Å². The highest BCUT2D eigenvalue weighted by Gasteiger charge is 2.35. The topological polar surface area (TPSA) is 80.5 Å². The third-order valence-electron chi connectivity index (χ3n) is 5.97. The van der Waals surface area contributed by atoms with E-state index in [2.05, 4.69) is 16.5 Å². The predicted molar refractivity (Wildman–Crippen MR) is 136 cm³/mol. The number of ether oxygens (including phenoxy) is 1. The largest absolute Gasteiger partial charge is 0.494 e. The fourth-order valence-electron chi connectivity index (χ4n) is 4.21. The summed E-state index contributed by atoms with van der Waals surface area (Å²) in [6.07, 6.45) is 0.766. The van der Waals surface area contributed by atoms with Crippen molar-refractivity contribution in [3.05, 3.63) is 94.1 Å². The van der Waals surface area contributed by atoms with Crippen molar-refractivity contribution in [2.45, 2.75) is 26.3 Å². The minimum atomic E-state index is -0.430. The summed E-state index contributed by atoms with van der Waals surface area (Å²) >= 11 is 1.69. The lowest BCUT2D eigenvalue weighted by Gasteiger charge is -2.35. The molecule has 0 fully saturated rings. The van der Waals surface area contributed by atoms with Gasteiger partial charge in [0.1, 0.15) is 5.75 Å². The van der Waals surface area contributed by atoms with Crippen molar-refractivity contribution in [2.75, 3.05) is 13.2 Å². The van der Waals surface area contributed by atoms with Gasteiger partial charge in [-0.2, -0.15) is 4.98 Å². The standard InChI is InChI=1S/C27H26N4O3S/c1-3-33-21-13-11-19(12-14-21)24-23(26-29-25(30-34-26)20-8-5-4-6-9-20)18(2)31(27(32)28-24)16-15-22-10-7-17-35-22/h4-14,17,24H,3,15-16H2,1-2H3,(H,28,32). The molecular weight excluding hydrogens is 460 g/mol. The van der Waals surface area contributed by atoms with Crippen LogP contribution >= 0.6 is 11.3 Å². The first kappa shape index (κ1) is 22.9. The van der Waals surface area contributed by atoms with E-state index in [-0.39, 0.29) is 6.03 Å². The number of rotatable bonds is 8. The van der Waals surface area contributed by atoms with Crippen LogP contribution < -0.4 is 10.1 Å². The van der Waals surface area contributed by atoms with Crippen LogP contribution in [0.4, 0.5) is 4.79 Å². The Hall–Kier alpha value is -3.91. The van der Waals surface area contributed by atoms with Crippen molar-refractivity contribution in [3.8, 4) is 17.1 Å². The van der Waals surface area contributed by atoms with Crippen molar-refractivity contribution in [3.63, 3.8) is 0 Å². The minimum Gasteiger partial charge on any atom is -0.494 e. The van der Waals surface area contributed by atoms with Gasteiger partial charge in [0.25, 0.3) is 5.89 Å². The summed E-state index contributed by atoms with van der Waals surface area (Å²) in [4.78, 5) is 20.9. The molecule has 35 heavy (non-hydrogen) atoms. The van der Waals surface area contributed by atoms with Crippen LogP contribution in [0.2, 0.25) is 0 Å². The lowest BCUT2D eigenvalue weighted by Crippen LogP contribution is -2.46. The van der Waals surface area contributed by atoms with Crippen LogP contribution in [0.3, 0.4) is 0 Å². The minimum absolute atomic E-state index is 0.149. The molecule has 0 aliphatic carbocycles. The van der Waals surface area contributed by atoms with E-state index in [1.807, 2.05) is 79.9 Å². The third-order valence-corrected chi connectivity index (χ3v) is 6.91. The maximum Gasteiger partial charge on any atom is 0.322 e. The molecule has 178 valence electrons. The van der Waals surface area contributed by atoms with Gasteiger partial charge in [-0.25, -0.2) is 4.79 Å². The van der Waals surface area contributed by atoms with Gasteiger partial charge in [-0.15, -0.1) is 11.3 Å². The number of allylic oxidation sites excluding steroid dienone is 1. The Morgan fingerprint density at radius 1 is 1.09 bits per heavy atom. The second kappa shape index (κ2) is 10.1. The third kappa shape index (κ3) is 4.83. The second-order valence-electron chi connectivity index (χ2n) is 8.15. The molecule has 2 aromatic carbocycles. The SMILES string of the molecule is CCOc1ccc(C2NC(=O)N(CCc3cccs3)C(C)=C2c2nc(-c3ccccc3)no2)cc1. The molecule has 1 N–H and O–H groups in total. The van der Waals surface area contributed by atoms with E-state index < -0.39 is 6.04 Å². The first-order valence-corrected chi connectivity index (χ1v) is 12.5. The van der Waals surface area contributed by atoms with E-state index in [0.717, 1.165) is 34.6 Å². The maximum atomic E-state index is 13.2. The van der Waals surface area contributed by atoms with Crippen LogP contribution in [-0.4, -0.2) is 34.2 Å². The molecule has 8 heteroatoms. The molecule has 2 aromatic heterocycles. The number of benzene rings is 2. The van der Waals surface area contributed by atoms with E-state index in [9.17, 15) is 4.79 Å². The van der Waals surface area contributed by atoms with Crippen molar-refractivity contribution < 1.29 is 14.1 Å². The number of hydrogen-bond donors (Lipinski definition) is 1. The van der Waals surface area contributed by atoms with Crippen molar-refractivity contribution in [1.29, 1.82) is 0 Å². The molecule has 1 unspecified atom stereocenters. The number of aromatic nitrogens is 2. The summed E-state index contributed by atoms with van der Waals surface area (Å²) < 4.78 is 11.3. The number of nitrogens with zero attached hydrogens (tertiary/aromatic N) is 3. The molecule has 1 atom stereocenters. The number of carbonyl (C=O) groups excluding carboxylic acids is 1. The number of carbonyl (C=O) groups is 1. The Morgan fingerprint density at radius 3 is 2.60 bits per heavy atom. The van der Waals surface area contributed by atoms with E-state index in [1.165, 1.54) is 4.88 Å². The van der Waals surface area contributed by atoms with Gasteiger partial charge in [0.05, 0.1) is 18.2 Å². The van der Waals surface area contributed by atoms with Crippen LogP contribution in [0, 0.1) is 0 Å². The number of thiophene rings is 1. The summed E-state index contributed by atoms with van der Waals surface area (Å²) in [7, 11) is 0. The lowest BCUT2D eigenvalue weighted by atomic mass is 9.94. The zero-order valence-electron chi connectivity index (χ0n) is 19.6. The number of hydrogen-bond acceptors (Lipinski definition) is 6. The second-order valence-corrected chi connectivity index (χ2v) is 9.19. The molecule has 0 spiro atoms. The molecule has 3 heterocycles. The fourth-order valence-corrected chi connectivity index (χ4v) is 4.91. The highest BCUT2D eigenvalue weighted by molar-refractivity contribution is 7.09.